The van der Waals surface area contributed by atoms with Crippen molar-refractivity contribution in [1.29, 1.82) is 0 Å². The van der Waals surface area contributed by atoms with Crippen LogP contribution in [0.1, 0.15) is 27.3 Å². The normalized spacial score (nSPS) is 24.3. The number of halogens is 1. The molecule has 18 heavy (non-hydrogen) atoms. The Morgan fingerprint density at radius 2 is 2.33 bits per heavy atom. The highest BCUT2D eigenvalue weighted by molar-refractivity contribution is 9.09. The number of rotatable bonds is 2. The molecule has 1 aromatic rings. The van der Waals surface area contributed by atoms with Gasteiger partial charge in [-0.25, -0.2) is 4.98 Å². The van der Waals surface area contributed by atoms with E-state index in [1.807, 2.05) is 25.7 Å². The van der Waals surface area contributed by atoms with Crippen LogP contribution in [0, 0.1) is 13.8 Å². The molecule has 0 bridgehead atoms. The van der Waals surface area contributed by atoms with Gasteiger partial charge in [0.05, 0.1) is 29.5 Å². The summed E-state index contributed by atoms with van der Waals surface area (Å²) in [5, 5.41) is 1.69. The monoisotopic (exact) mass is 332 g/mol. The summed E-state index contributed by atoms with van der Waals surface area (Å²) in [4.78, 5) is 19.5. The van der Waals surface area contributed by atoms with E-state index in [1.54, 1.807) is 0 Å². The summed E-state index contributed by atoms with van der Waals surface area (Å²) in [6.45, 7) is 7.08. The maximum atomic E-state index is 12.5. The van der Waals surface area contributed by atoms with Gasteiger partial charge in [-0.2, -0.15) is 0 Å². The highest BCUT2D eigenvalue weighted by Gasteiger charge is 2.31. The van der Waals surface area contributed by atoms with Crippen molar-refractivity contribution < 1.29 is 9.53 Å². The van der Waals surface area contributed by atoms with Crippen molar-refractivity contribution in [3.8, 4) is 0 Å². The molecule has 6 heteroatoms. The van der Waals surface area contributed by atoms with E-state index >= 15 is 0 Å². The predicted molar refractivity (Wildman–Crippen MR) is 75.6 cm³/mol. The molecule has 0 aromatic carbocycles. The van der Waals surface area contributed by atoms with Crippen molar-refractivity contribution >= 4 is 33.2 Å². The molecule has 0 radical (unpaired) electrons. The first-order valence-electron chi connectivity index (χ1n) is 5.95. The standard InChI is InChI=1S/C12H17BrN2O2S/c1-7-6-17-10(4-13)5-15(7)12(16)11-8(2)14-9(3)18-11/h7,10H,4-6H2,1-3H3. The van der Waals surface area contributed by atoms with Gasteiger partial charge in [0.1, 0.15) is 4.88 Å². The molecule has 2 heterocycles. The number of morpholine rings is 1. The Bertz CT molecular complexity index is 449. The van der Waals surface area contributed by atoms with Gasteiger partial charge < -0.3 is 9.64 Å². The van der Waals surface area contributed by atoms with Gasteiger partial charge in [-0.1, -0.05) is 15.9 Å². The number of amides is 1. The molecular weight excluding hydrogens is 316 g/mol. The summed E-state index contributed by atoms with van der Waals surface area (Å²) in [7, 11) is 0. The molecule has 0 spiro atoms. The van der Waals surface area contributed by atoms with Gasteiger partial charge in [0, 0.05) is 11.9 Å². The van der Waals surface area contributed by atoms with Crippen LogP contribution in [-0.2, 0) is 4.74 Å². The number of carbonyl (C=O) groups is 1. The average molecular weight is 333 g/mol. The van der Waals surface area contributed by atoms with Crippen LogP contribution < -0.4 is 0 Å². The minimum Gasteiger partial charge on any atom is -0.373 e. The molecule has 100 valence electrons. The van der Waals surface area contributed by atoms with Gasteiger partial charge in [-0.05, 0) is 20.8 Å². The van der Waals surface area contributed by atoms with Crippen molar-refractivity contribution in [2.45, 2.75) is 32.9 Å². The summed E-state index contributed by atoms with van der Waals surface area (Å²) in [5.74, 6) is 0.0832. The molecule has 1 saturated heterocycles. The third-order valence-electron chi connectivity index (χ3n) is 3.04. The number of alkyl halides is 1. The van der Waals surface area contributed by atoms with E-state index in [9.17, 15) is 4.79 Å². The lowest BCUT2D eigenvalue weighted by molar-refractivity contribution is -0.0360. The Balaban J connectivity index is 2.19. The van der Waals surface area contributed by atoms with E-state index in [1.165, 1.54) is 11.3 Å². The van der Waals surface area contributed by atoms with Crippen molar-refractivity contribution in [2.24, 2.45) is 0 Å². The third-order valence-corrected chi connectivity index (χ3v) is 4.82. The first-order valence-corrected chi connectivity index (χ1v) is 7.89. The minimum absolute atomic E-state index is 0.0828. The summed E-state index contributed by atoms with van der Waals surface area (Å²) in [5.41, 5.74) is 0.830. The molecule has 4 nitrogen and oxygen atoms in total. The Kier molecular flexibility index (Phi) is 4.40. The van der Waals surface area contributed by atoms with E-state index in [2.05, 4.69) is 20.9 Å². The topological polar surface area (TPSA) is 42.4 Å². The number of nitrogens with zero attached hydrogens (tertiary/aromatic N) is 2. The van der Waals surface area contributed by atoms with Gasteiger partial charge in [-0.3, -0.25) is 4.79 Å². The molecular formula is C12H17BrN2O2S. The second-order valence-electron chi connectivity index (χ2n) is 4.56. The molecule has 2 rings (SSSR count). The van der Waals surface area contributed by atoms with Crippen molar-refractivity contribution in [3.63, 3.8) is 0 Å². The summed E-state index contributed by atoms with van der Waals surface area (Å²) < 4.78 is 5.64. The zero-order valence-corrected chi connectivity index (χ0v) is 13.2. The molecule has 2 atom stereocenters. The molecule has 0 aliphatic carbocycles. The first-order chi connectivity index (χ1) is 8.52. The fourth-order valence-corrected chi connectivity index (χ4v) is 3.32. The highest BCUT2D eigenvalue weighted by Crippen LogP contribution is 2.22. The Morgan fingerprint density at radius 3 is 2.89 bits per heavy atom. The fraction of sp³-hybridized carbons (Fsp3) is 0.667. The van der Waals surface area contributed by atoms with E-state index in [0.29, 0.717) is 13.2 Å². The second kappa shape index (κ2) is 5.67. The fourth-order valence-electron chi connectivity index (χ4n) is 2.05. The van der Waals surface area contributed by atoms with Crippen LogP contribution in [0.15, 0.2) is 0 Å². The van der Waals surface area contributed by atoms with Crippen molar-refractivity contribution in [1.82, 2.24) is 9.88 Å². The van der Waals surface area contributed by atoms with Gasteiger partial charge in [0.25, 0.3) is 5.91 Å². The number of ether oxygens (including phenoxy) is 1. The van der Waals surface area contributed by atoms with Crippen LogP contribution in [0.25, 0.3) is 0 Å². The number of thiazole rings is 1. The van der Waals surface area contributed by atoms with Crippen LogP contribution in [0.4, 0.5) is 0 Å². The van der Waals surface area contributed by atoms with E-state index in [4.69, 9.17) is 4.74 Å². The maximum Gasteiger partial charge on any atom is 0.266 e. The highest BCUT2D eigenvalue weighted by atomic mass is 79.9. The Hall–Kier alpha value is -0.460. The number of carbonyl (C=O) groups excluding carboxylic acids is 1. The van der Waals surface area contributed by atoms with Crippen LogP contribution in [0.3, 0.4) is 0 Å². The van der Waals surface area contributed by atoms with Gasteiger partial charge in [-0.15, -0.1) is 11.3 Å². The van der Waals surface area contributed by atoms with Crippen LogP contribution in [0.2, 0.25) is 0 Å². The molecule has 0 N–H and O–H groups in total. The lowest BCUT2D eigenvalue weighted by Crippen LogP contribution is -2.51. The van der Waals surface area contributed by atoms with Crippen molar-refractivity contribution in [2.75, 3.05) is 18.5 Å². The number of aromatic nitrogens is 1. The van der Waals surface area contributed by atoms with Gasteiger partial charge >= 0.3 is 0 Å². The van der Waals surface area contributed by atoms with Gasteiger partial charge in [0.15, 0.2) is 0 Å². The molecule has 2 unspecified atom stereocenters. The average Bonchev–Trinajstić information content (AvgIpc) is 2.68. The largest absolute Gasteiger partial charge is 0.373 e. The van der Waals surface area contributed by atoms with Crippen LogP contribution in [-0.4, -0.2) is 46.4 Å². The number of hydrogen-bond acceptors (Lipinski definition) is 4. The van der Waals surface area contributed by atoms with E-state index < -0.39 is 0 Å². The minimum atomic E-state index is 0.0828. The SMILES string of the molecule is Cc1nc(C)c(C(=O)N2CC(CBr)OCC2C)s1. The first kappa shape index (κ1) is 14.0. The number of aryl methyl sites for hydroxylation is 2. The van der Waals surface area contributed by atoms with Crippen LogP contribution >= 0.6 is 27.3 Å². The van der Waals surface area contributed by atoms with Crippen molar-refractivity contribution in [3.05, 3.63) is 15.6 Å². The second-order valence-corrected chi connectivity index (χ2v) is 6.41. The van der Waals surface area contributed by atoms with Gasteiger partial charge in [0.2, 0.25) is 0 Å². The maximum absolute atomic E-state index is 12.5. The zero-order valence-electron chi connectivity index (χ0n) is 10.8. The molecule has 1 aliphatic rings. The molecule has 1 fully saturated rings. The molecule has 1 aromatic heterocycles. The quantitative estimate of drug-likeness (QED) is 0.781. The third kappa shape index (κ3) is 2.75. The lowest BCUT2D eigenvalue weighted by atomic mass is 10.2. The zero-order chi connectivity index (χ0) is 13.3. The Labute approximate surface area is 119 Å². The summed E-state index contributed by atoms with van der Waals surface area (Å²) in [6.07, 6.45) is 0.0828. The van der Waals surface area contributed by atoms with E-state index in [-0.39, 0.29) is 18.1 Å². The molecule has 1 aliphatic heterocycles. The molecule has 1 amide bonds. The summed E-state index contributed by atoms with van der Waals surface area (Å²) in [6, 6.07) is 0.120. The smallest absolute Gasteiger partial charge is 0.266 e. The lowest BCUT2D eigenvalue weighted by Gasteiger charge is -2.37. The predicted octanol–water partition coefficient (Wildman–Crippen LogP) is 2.38. The summed E-state index contributed by atoms with van der Waals surface area (Å²) >= 11 is 4.88. The number of hydrogen-bond donors (Lipinski definition) is 0. The van der Waals surface area contributed by atoms with E-state index in [0.717, 1.165) is 20.9 Å². The Morgan fingerprint density at radius 1 is 1.61 bits per heavy atom. The van der Waals surface area contributed by atoms with Crippen LogP contribution in [0.5, 0.6) is 0 Å². The molecule has 0 saturated carbocycles.